The van der Waals surface area contributed by atoms with Gasteiger partial charge in [0, 0.05) is 36.5 Å². The summed E-state index contributed by atoms with van der Waals surface area (Å²) in [6, 6.07) is 4.09. The lowest BCUT2D eigenvalue weighted by Gasteiger charge is -2.42. The van der Waals surface area contributed by atoms with Gasteiger partial charge in [0.15, 0.2) is 17.3 Å². The van der Waals surface area contributed by atoms with Crippen LogP contribution in [0.2, 0.25) is 0 Å². The number of aromatic nitrogens is 2. The van der Waals surface area contributed by atoms with E-state index in [0.29, 0.717) is 30.5 Å². The molecular weight excluding hydrogens is 326 g/mol. The molecule has 7 heteroatoms. The molecule has 0 unspecified atom stereocenters. The van der Waals surface area contributed by atoms with E-state index in [-0.39, 0.29) is 5.91 Å². The molecule has 1 saturated heterocycles. The van der Waals surface area contributed by atoms with E-state index in [9.17, 15) is 13.6 Å². The number of benzene rings is 1. The first kappa shape index (κ1) is 16.2. The van der Waals surface area contributed by atoms with Crippen molar-refractivity contribution >= 4 is 5.91 Å². The van der Waals surface area contributed by atoms with E-state index in [4.69, 9.17) is 0 Å². The average Bonchev–Trinajstić information content (AvgIpc) is 3.10. The van der Waals surface area contributed by atoms with Crippen molar-refractivity contribution in [2.45, 2.75) is 25.3 Å². The average molecular weight is 346 g/mol. The highest BCUT2D eigenvalue weighted by atomic mass is 19.2. The maximum absolute atomic E-state index is 13.6. The van der Waals surface area contributed by atoms with Gasteiger partial charge >= 0.3 is 0 Å². The summed E-state index contributed by atoms with van der Waals surface area (Å²) >= 11 is 0. The van der Waals surface area contributed by atoms with Crippen molar-refractivity contribution in [3.8, 4) is 5.69 Å². The van der Waals surface area contributed by atoms with E-state index in [0.717, 1.165) is 42.7 Å². The lowest BCUT2D eigenvalue weighted by Crippen LogP contribution is -2.59. The van der Waals surface area contributed by atoms with Gasteiger partial charge in [-0.15, -0.1) is 0 Å². The monoisotopic (exact) mass is 346 g/mol. The molecule has 1 amide bonds. The second-order valence-corrected chi connectivity index (χ2v) is 6.97. The topological polar surface area (TPSA) is 41.4 Å². The van der Waals surface area contributed by atoms with Crippen LogP contribution >= 0.6 is 0 Å². The van der Waals surface area contributed by atoms with Crippen LogP contribution in [0.1, 0.15) is 28.2 Å². The van der Waals surface area contributed by atoms with Gasteiger partial charge in [0.2, 0.25) is 0 Å². The second kappa shape index (κ2) is 5.91. The Labute approximate surface area is 144 Å². The Morgan fingerprint density at radius 3 is 2.64 bits per heavy atom. The molecular formula is C18H20F2N4O. The van der Waals surface area contributed by atoms with Crippen molar-refractivity contribution in [2.75, 3.05) is 27.2 Å². The van der Waals surface area contributed by atoms with Crippen LogP contribution in [-0.2, 0) is 12.8 Å². The maximum atomic E-state index is 13.6. The van der Waals surface area contributed by atoms with Gasteiger partial charge in [0.25, 0.3) is 5.91 Å². The third-order valence-electron chi connectivity index (χ3n) is 5.16. The first-order valence-electron chi connectivity index (χ1n) is 8.47. The van der Waals surface area contributed by atoms with Crippen molar-refractivity contribution in [1.82, 2.24) is 19.6 Å². The predicted molar refractivity (Wildman–Crippen MR) is 88.9 cm³/mol. The van der Waals surface area contributed by atoms with E-state index < -0.39 is 11.6 Å². The van der Waals surface area contributed by atoms with Gasteiger partial charge < -0.3 is 9.80 Å². The number of fused-ring (bicyclic) bond motifs is 1. The standard InChI is InChI=1S/C18H20F2N4O/c1-22(2)12-9-23(10-12)18(25)17-13-4-3-5-16(13)24(21-17)11-6-7-14(19)15(20)8-11/h6-8,12H,3-5,9-10H2,1-2H3. The molecule has 1 aromatic heterocycles. The number of hydrogen-bond acceptors (Lipinski definition) is 3. The number of carbonyl (C=O) groups is 1. The zero-order chi connectivity index (χ0) is 17.7. The Morgan fingerprint density at radius 2 is 1.96 bits per heavy atom. The summed E-state index contributed by atoms with van der Waals surface area (Å²) in [5, 5.41) is 4.47. The highest BCUT2D eigenvalue weighted by molar-refractivity contribution is 5.95. The molecule has 0 atom stereocenters. The number of rotatable bonds is 3. The smallest absolute Gasteiger partial charge is 0.274 e. The predicted octanol–water partition coefficient (Wildman–Crippen LogP) is 2.03. The van der Waals surface area contributed by atoms with Gasteiger partial charge in [-0.25, -0.2) is 13.5 Å². The molecule has 1 fully saturated rings. The molecule has 0 bridgehead atoms. The number of halogens is 2. The van der Waals surface area contributed by atoms with Crippen molar-refractivity contribution in [3.63, 3.8) is 0 Å². The summed E-state index contributed by atoms with van der Waals surface area (Å²) < 4.78 is 28.4. The van der Waals surface area contributed by atoms with E-state index >= 15 is 0 Å². The van der Waals surface area contributed by atoms with Crippen molar-refractivity contribution in [2.24, 2.45) is 0 Å². The fourth-order valence-corrected chi connectivity index (χ4v) is 3.54. The summed E-state index contributed by atoms with van der Waals surface area (Å²) in [6.07, 6.45) is 2.53. The minimum Gasteiger partial charge on any atom is -0.334 e. The van der Waals surface area contributed by atoms with Crippen LogP contribution < -0.4 is 0 Å². The molecule has 2 aromatic rings. The molecule has 0 N–H and O–H groups in total. The third kappa shape index (κ3) is 2.63. The molecule has 1 aromatic carbocycles. The second-order valence-electron chi connectivity index (χ2n) is 6.97. The summed E-state index contributed by atoms with van der Waals surface area (Å²) in [5.41, 5.74) is 2.78. The van der Waals surface area contributed by atoms with Crippen molar-refractivity contribution in [3.05, 3.63) is 46.8 Å². The minimum absolute atomic E-state index is 0.0717. The Morgan fingerprint density at radius 1 is 1.20 bits per heavy atom. The van der Waals surface area contributed by atoms with E-state index in [1.54, 1.807) is 9.58 Å². The molecule has 1 aliphatic heterocycles. The lowest BCUT2D eigenvalue weighted by atomic mass is 10.1. The number of likely N-dealkylation sites (tertiary alicyclic amines) is 1. The fraction of sp³-hybridized carbons (Fsp3) is 0.444. The van der Waals surface area contributed by atoms with Gasteiger partial charge in [-0.2, -0.15) is 5.10 Å². The number of carbonyl (C=O) groups excluding carboxylic acids is 1. The Hall–Kier alpha value is -2.28. The van der Waals surface area contributed by atoms with Crippen LogP contribution in [0.3, 0.4) is 0 Å². The largest absolute Gasteiger partial charge is 0.334 e. The molecule has 1 aliphatic carbocycles. The van der Waals surface area contributed by atoms with Gasteiger partial charge in [0.1, 0.15) is 0 Å². The molecule has 2 aliphatic rings. The summed E-state index contributed by atoms with van der Waals surface area (Å²) in [5.74, 6) is -1.87. The van der Waals surface area contributed by atoms with Gasteiger partial charge in [-0.05, 0) is 45.5 Å². The van der Waals surface area contributed by atoms with Crippen LogP contribution in [-0.4, -0.2) is 58.7 Å². The van der Waals surface area contributed by atoms with Gasteiger partial charge in [0.05, 0.1) is 5.69 Å². The van der Waals surface area contributed by atoms with E-state index in [1.165, 1.54) is 6.07 Å². The molecule has 0 spiro atoms. The van der Waals surface area contributed by atoms with E-state index in [1.807, 2.05) is 14.1 Å². The summed E-state index contributed by atoms with van der Waals surface area (Å²) in [6.45, 7) is 1.39. The summed E-state index contributed by atoms with van der Waals surface area (Å²) in [4.78, 5) is 16.7. The number of hydrogen-bond donors (Lipinski definition) is 0. The molecule has 5 nitrogen and oxygen atoms in total. The Kier molecular flexibility index (Phi) is 3.83. The molecule has 25 heavy (non-hydrogen) atoms. The Bertz CT molecular complexity index is 840. The third-order valence-corrected chi connectivity index (χ3v) is 5.16. The SMILES string of the molecule is CN(C)C1CN(C(=O)c2nn(-c3ccc(F)c(F)c3)c3c2CCC3)C1. The normalized spacial score (nSPS) is 17.1. The molecule has 132 valence electrons. The van der Waals surface area contributed by atoms with Crippen LogP contribution in [0.4, 0.5) is 8.78 Å². The van der Waals surface area contributed by atoms with Crippen LogP contribution in [0.15, 0.2) is 18.2 Å². The van der Waals surface area contributed by atoms with Gasteiger partial charge in [-0.3, -0.25) is 4.79 Å². The first-order valence-corrected chi connectivity index (χ1v) is 8.47. The number of amides is 1. The highest BCUT2D eigenvalue weighted by Gasteiger charge is 2.36. The van der Waals surface area contributed by atoms with Crippen LogP contribution in [0, 0.1) is 11.6 Å². The van der Waals surface area contributed by atoms with Crippen molar-refractivity contribution < 1.29 is 13.6 Å². The number of likely N-dealkylation sites (N-methyl/N-ethyl adjacent to an activating group) is 1. The van der Waals surface area contributed by atoms with E-state index in [2.05, 4.69) is 10.00 Å². The zero-order valence-electron chi connectivity index (χ0n) is 14.3. The minimum atomic E-state index is -0.913. The van der Waals surface area contributed by atoms with Gasteiger partial charge in [-0.1, -0.05) is 0 Å². The quantitative estimate of drug-likeness (QED) is 0.854. The number of nitrogens with zero attached hydrogens (tertiary/aromatic N) is 4. The summed E-state index contributed by atoms with van der Waals surface area (Å²) in [7, 11) is 4.00. The van der Waals surface area contributed by atoms with Crippen LogP contribution in [0.25, 0.3) is 5.69 Å². The molecule has 2 heterocycles. The first-order chi connectivity index (χ1) is 12.0. The van der Waals surface area contributed by atoms with Crippen molar-refractivity contribution in [1.29, 1.82) is 0 Å². The molecule has 0 saturated carbocycles. The molecule has 4 rings (SSSR count). The fourth-order valence-electron chi connectivity index (χ4n) is 3.54. The van der Waals surface area contributed by atoms with Crippen LogP contribution in [0.5, 0.6) is 0 Å². The lowest BCUT2D eigenvalue weighted by molar-refractivity contribution is 0.0392. The molecule has 0 radical (unpaired) electrons. The zero-order valence-corrected chi connectivity index (χ0v) is 14.3. The maximum Gasteiger partial charge on any atom is 0.274 e. The highest BCUT2D eigenvalue weighted by Crippen LogP contribution is 2.30. The Balaban J connectivity index is 1.66.